The van der Waals surface area contributed by atoms with E-state index in [-0.39, 0.29) is 16.5 Å². The monoisotopic (exact) mass is 318 g/mol. The van der Waals surface area contributed by atoms with Crippen molar-refractivity contribution in [2.24, 2.45) is 5.92 Å². The Morgan fingerprint density at radius 3 is 2.91 bits per heavy atom. The zero-order valence-electron chi connectivity index (χ0n) is 12.4. The third kappa shape index (κ3) is 2.56. The second-order valence-electron chi connectivity index (χ2n) is 5.65. The molecule has 1 fully saturated rings. The number of nitrogens with one attached hydrogen (secondary N) is 1. The van der Waals surface area contributed by atoms with Crippen LogP contribution in [0.15, 0.2) is 24.3 Å². The summed E-state index contributed by atoms with van der Waals surface area (Å²) in [6.45, 7) is 2.77. The van der Waals surface area contributed by atoms with Gasteiger partial charge in [-0.2, -0.15) is 5.10 Å². The number of aromatic amines is 1. The first-order valence-electron chi connectivity index (χ1n) is 7.51. The van der Waals surface area contributed by atoms with Crippen LogP contribution in [0.25, 0.3) is 0 Å². The van der Waals surface area contributed by atoms with Crippen LogP contribution in [0.1, 0.15) is 43.5 Å². The molecule has 2 aromatic rings. The average molecular weight is 318 g/mol. The highest BCUT2D eigenvalue weighted by Gasteiger charge is 2.33. The number of benzene rings is 1. The van der Waals surface area contributed by atoms with E-state index in [1.807, 2.05) is 17.6 Å². The van der Waals surface area contributed by atoms with Crippen LogP contribution < -0.4 is 0 Å². The summed E-state index contributed by atoms with van der Waals surface area (Å²) in [5.41, 5.74) is 1.07. The Balaban J connectivity index is 2.09. The lowest BCUT2D eigenvalue weighted by Gasteiger charge is -2.33. The quantitative estimate of drug-likeness (QED) is 0.517. The smallest absolute Gasteiger partial charge is 0.269 e. The van der Waals surface area contributed by atoms with E-state index in [4.69, 9.17) is 12.2 Å². The Bertz CT molecular complexity index is 748. The van der Waals surface area contributed by atoms with Crippen molar-refractivity contribution in [1.82, 2.24) is 14.8 Å². The second-order valence-corrected chi connectivity index (χ2v) is 6.04. The van der Waals surface area contributed by atoms with Crippen LogP contribution in [0, 0.1) is 20.8 Å². The van der Waals surface area contributed by atoms with Crippen LogP contribution in [0.3, 0.4) is 0 Å². The zero-order chi connectivity index (χ0) is 15.7. The number of hydrogen-bond donors (Lipinski definition) is 1. The Hall–Kier alpha value is -2.02. The van der Waals surface area contributed by atoms with Crippen molar-refractivity contribution in [3.05, 3.63) is 50.5 Å². The normalized spacial score (nSPS) is 16.2. The van der Waals surface area contributed by atoms with Crippen LogP contribution in [0.2, 0.25) is 0 Å². The molecule has 1 aliphatic carbocycles. The van der Waals surface area contributed by atoms with E-state index in [0.717, 1.165) is 30.8 Å². The maximum Gasteiger partial charge on any atom is 0.269 e. The predicted octanol–water partition coefficient (Wildman–Crippen LogP) is 3.80. The summed E-state index contributed by atoms with van der Waals surface area (Å²) in [6.07, 6.45) is 3.45. The fraction of sp³-hybridized carbons (Fsp3) is 0.467. The highest BCUT2D eigenvalue weighted by atomic mass is 32.1. The highest BCUT2D eigenvalue weighted by Crippen LogP contribution is 2.43. The van der Waals surface area contributed by atoms with Gasteiger partial charge in [0.1, 0.15) is 5.82 Å². The second kappa shape index (κ2) is 6.00. The van der Waals surface area contributed by atoms with Crippen molar-refractivity contribution in [3.63, 3.8) is 0 Å². The summed E-state index contributed by atoms with van der Waals surface area (Å²) < 4.78 is 2.59. The summed E-state index contributed by atoms with van der Waals surface area (Å²) in [4.78, 5) is 10.7. The highest BCUT2D eigenvalue weighted by molar-refractivity contribution is 7.71. The van der Waals surface area contributed by atoms with Crippen molar-refractivity contribution in [2.75, 3.05) is 0 Å². The van der Waals surface area contributed by atoms with Gasteiger partial charge in [-0.15, -0.1) is 0 Å². The summed E-state index contributed by atoms with van der Waals surface area (Å²) in [7, 11) is 0. The molecule has 0 aliphatic heterocycles. The third-order valence-corrected chi connectivity index (χ3v) is 4.76. The maximum atomic E-state index is 11.1. The first kappa shape index (κ1) is 14.9. The number of non-ortho nitro benzene ring substituents is 1. The van der Waals surface area contributed by atoms with Gasteiger partial charge >= 0.3 is 0 Å². The Morgan fingerprint density at radius 1 is 1.55 bits per heavy atom. The Morgan fingerprint density at radius 2 is 2.32 bits per heavy atom. The van der Waals surface area contributed by atoms with Gasteiger partial charge in [-0.1, -0.05) is 18.6 Å². The minimum Gasteiger partial charge on any atom is -0.304 e. The molecule has 1 unspecified atom stereocenters. The van der Waals surface area contributed by atoms with E-state index >= 15 is 0 Å². The van der Waals surface area contributed by atoms with Gasteiger partial charge in [-0.3, -0.25) is 15.2 Å². The molecule has 0 spiro atoms. The third-order valence-electron chi connectivity index (χ3n) is 4.44. The molecule has 0 radical (unpaired) electrons. The van der Waals surface area contributed by atoms with E-state index < -0.39 is 0 Å². The van der Waals surface area contributed by atoms with E-state index in [1.165, 1.54) is 12.5 Å². The molecule has 1 aromatic carbocycles. The lowest BCUT2D eigenvalue weighted by Crippen LogP contribution is -2.24. The molecule has 116 valence electrons. The summed E-state index contributed by atoms with van der Waals surface area (Å²) in [5.74, 6) is 1.41. The summed E-state index contributed by atoms with van der Waals surface area (Å²) >= 11 is 5.29. The number of aromatic nitrogens is 3. The van der Waals surface area contributed by atoms with Gasteiger partial charge < -0.3 is 4.57 Å². The molecule has 7 heteroatoms. The minimum atomic E-state index is -0.349. The summed E-state index contributed by atoms with van der Waals surface area (Å²) in [5, 5.41) is 18.3. The Kier molecular flexibility index (Phi) is 4.06. The van der Waals surface area contributed by atoms with E-state index in [9.17, 15) is 10.1 Å². The lowest BCUT2D eigenvalue weighted by atomic mass is 9.72. The van der Waals surface area contributed by atoms with Gasteiger partial charge in [-0.25, -0.2) is 0 Å². The molecular formula is C15H18N4O2S. The van der Waals surface area contributed by atoms with Gasteiger partial charge in [0.15, 0.2) is 4.77 Å². The number of hydrogen-bond acceptors (Lipinski definition) is 4. The molecule has 0 saturated heterocycles. The fourth-order valence-corrected chi connectivity index (χ4v) is 3.38. The fourth-order valence-electron chi connectivity index (χ4n) is 3.11. The number of nitro groups is 1. The van der Waals surface area contributed by atoms with Crippen LogP contribution in [0.4, 0.5) is 5.69 Å². The molecule has 3 rings (SSSR count). The number of rotatable bonds is 5. The van der Waals surface area contributed by atoms with Gasteiger partial charge in [-0.05, 0) is 43.5 Å². The molecule has 6 nitrogen and oxygen atoms in total. The molecular weight excluding hydrogens is 300 g/mol. The topological polar surface area (TPSA) is 76.8 Å². The maximum absolute atomic E-state index is 11.1. The first-order chi connectivity index (χ1) is 10.6. The lowest BCUT2D eigenvalue weighted by molar-refractivity contribution is -0.384. The van der Waals surface area contributed by atoms with Crippen molar-refractivity contribution in [3.8, 4) is 0 Å². The number of nitro benzene ring substituents is 1. The molecule has 1 heterocycles. The van der Waals surface area contributed by atoms with Crippen LogP contribution in [-0.2, 0) is 6.54 Å². The van der Waals surface area contributed by atoms with Crippen LogP contribution in [-0.4, -0.2) is 19.7 Å². The SMILES string of the molecule is CCn1c(C(c2cccc([N+](=O)[O-])c2)C2CCC2)n[nH]c1=S. The van der Waals surface area contributed by atoms with E-state index in [0.29, 0.717) is 10.7 Å². The molecule has 0 amide bonds. The molecule has 1 atom stereocenters. The van der Waals surface area contributed by atoms with Gasteiger partial charge in [0.2, 0.25) is 0 Å². The van der Waals surface area contributed by atoms with Crippen LogP contribution >= 0.6 is 12.2 Å². The zero-order valence-corrected chi connectivity index (χ0v) is 13.2. The molecule has 1 N–H and O–H groups in total. The van der Waals surface area contributed by atoms with Crippen molar-refractivity contribution in [1.29, 1.82) is 0 Å². The van der Waals surface area contributed by atoms with E-state index in [1.54, 1.807) is 12.1 Å². The predicted molar refractivity (Wildman–Crippen MR) is 85.4 cm³/mol. The number of nitrogens with zero attached hydrogens (tertiary/aromatic N) is 3. The molecule has 22 heavy (non-hydrogen) atoms. The molecule has 1 aromatic heterocycles. The Labute approximate surface area is 133 Å². The van der Waals surface area contributed by atoms with E-state index in [2.05, 4.69) is 10.2 Å². The van der Waals surface area contributed by atoms with Crippen LogP contribution in [0.5, 0.6) is 0 Å². The van der Waals surface area contributed by atoms with Crippen molar-refractivity contribution in [2.45, 2.75) is 38.6 Å². The largest absolute Gasteiger partial charge is 0.304 e. The first-order valence-corrected chi connectivity index (χ1v) is 7.92. The van der Waals surface area contributed by atoms with Crippen molar-refractivity contribution >= 4 is 17.9 Å². The minimum absolute atomic E-state index is 0.0570. The molecule has 1 aliphatic rings. The number of H-pyrrole nitrogens is 1. The van der Waals surface area contributed by atoms with Crippen molar-refractivity contribution < 1.29 is 4.92 Å². The molecule has 0 bridgehead atoms. The van der Waals surface area contributed by atoms with Gasteiger partial charge in [0.05, 0.1) is 4.92 Å². The van der Waals surface area contributed by atoms with Gasteiger partial charge in [0.25, 0.3) is 5.69 Å². The summed E-state index contributed by atoms with van der Waals surface area (Å²) in [6, 6.07) is 6.89. The average Bonchev–Trinajstić information content (AvgIpc) is 2.83. The molecule has 1 saturated carbocycles. The standard InChI is InChI=1S/C15H18N4O2S/c1-2-18-14(16-17-15(18)22)13(10-5-3-6-10)11-7-4-8-12(9-11)19(20)21/h4,7-10,13H,2-3,5-6H2,1H3,(H,17,22). The van der Waals surface area contributed by atoms with Gasteiger partial charge in [0, 0.05) is 24.6 Å².